The maximum Gasteiger partial charge on any atom is 0.101 e. The first-order valence-electron chi connectivity index (χ1n) is 3.40. The number of ether oxygens (including phenoxy) is 1. The number of allylic oxidation sites excluding steroid dienone is 1. The van der Waals surface area contributed by atoms with Crippen molar-refractivity contribution in [1.82, 2.24) is 0 Å². The number of nitrogens with two attached hydrogens (primary N) is 1. The van der Waals surface area contributed by atoms with E-state index in [-0.39, 0.29) is 0 Å². The minimum atomic E-state index is 0.679. The van der Waals surface area contributed by atoms with Crippen LogP contribution in [0.25, 0.3) is 0 Å². The minimum absolute atomic E-state index is 0.679. The summed E-state index contributed by atoms with van der Waals surface area (Å²) < 4.78 is 4.64. The normalized spacial score (nSPS) is 11.7. The molecule has 0 spiro atoms. The second-order valence-corrected chi connectivity index (χ2v) is 1.80. The Balaban J connectivity index is 4.10. The second kappa shape index (κ2) is 7.42. The largest absolute Gasteiger partial charge is 0.503 e. The van der Waals surface area contributed by atoms with Crippen molar-refractivity contribution in [3.05, 3.63) is 24.2 Å². The van der Waals surface area contributed by atoms with Gasteiger partial charge in [0.25, 0.3) is 0 Å². The third-order valence-electron chi connectivity index (χ3n) is 0.946. The fourth-order valence-corrected chi connectivity index (χ4v) is 0.481. The van der Waals surface area contributed by atoms with E-state index in [2.05, 4.69) is 21.6 Å². The van der Waals surface area contributed by atoms with Gasteiger partial charge in [0.05, 0.1) is 18.9 Å². The highest BCUT2D eigenvalue weighted by atomic mass is 16.5. The lowest BCUT2D eigenvalue weighted by molar-refractivity contribution is 0.337. The number of hydrogen-bond acceptors (Lipinski definition) is 3. The van der Waals surface area contributed by atoms with Gasteiger partial charge in [0.15, 0.2) is 0 Å². The molecule has 0 bridgehead atoms. The predicted octanol–water partition coefficient (Wildman–Crippen LogP) is 1.04. The number of hydrogen-bond donors (Lipinski definition) is 1. The van der Waals surface area contributed by atoms with Crippen LogP contribution in [-0.4, -0.2) is 13.3 Å². The summed E-state index contributed by atoms with van der Waals surface area (Å²) in [7, 11) is 1.55. The molecule has 0 saturated carbocycles. The van der Waals surface area contributed by atoms with Gasteiger partial charge in [0, 0.05) is 12.4 Å². The maximum atomic E-state index is 5.26. The highest BCUT2D eigenvalue weighted by Crippen LogP contribution is 1.84. The fraction of sp³-hybridized carbons (Fsp3) is 0.222. The van der Waals surface area contributed by atoms with Crippen LogP contribution in [0.3, 0.4) is 0 Å². The Morgan fingerprint density at radius 2 is 2.33 bits per heavy atom. The van der Waals surface area contributed by atoms with E-state index < -0.39 is 0 Å². The van der Waals surface area contributed by atoms with Gasteiger partial charge in [0.1, 0.15) is 6.26 Å². The maximum absolute atomic E-state index is 5.26. The van der Waals surface area contributed by atoms with Crippen LogP contribution in [0.5, 0.6) is 0 Å². The van der Waals surface area contributed by atoms with Crippen LogP contribution < -0.4 is 5.73 Å². The van der Waals surface area contributed by atoms with Gasteiger partial charge in [-0.1, -0.05) is 5.92 Å². The van der Waals surface area contributed by atoms with E-state index in [1.54, 1.807) is 20.2 Å². The molecule has 0 radical (unpaired) electrons. The van der Waals surface area contributed by atoms with Crippen molar-refractivity contribution in [2.45, 2.75) is 6.92 Å². The van der Waals surface area contributed by atoms with Crippen LogP contribution in [0.15, 0.2) is 29.2 Å². The quantitative estimate of drug-likeness (QED) is 0.385. The Morgan fingerprint density at radius 1 is 1.58 bits per heavy atom. The van der Waals surface area contributed by atoms with E-state index in [9.17, 15) is 0 Å². The van der Waals surface area contributed by atoms with Crippen molar-refractivity contribution < 1.29 is 4.74 Å². The summed E-state index contributed by atoms with van der Waals surface area (Å²) in [6.07, 6.45) is 5.94. The Labute approximate surface area is 72.6 Å². The Morgan fingerprint density at radius 3 is 2.83 bits per heavy atom. The van der Waals surface area contributed by atoms with Gasteiger partial charge in [-0.15, -0.1) is 5.92 Å². The van der Waals surface area contributed by atoms with Gasteiger partial charge in [-0.25, -0.2) is 0 Å². The zero-order chi connectivity index (χ0) is 9.23. The van der Waals surface area contributed by atoms with E-state index >= 15 is 0 Å². The third-order valence-corrected chi connectivity index (χ3v) is 0.946. The van der Waals surface area contributed by atoms with Crippen LogP contribution in [0.4, 0.5) is 0 Å². The molecule has 0 aliphatic rings. The zero-order valence-corrected chi connectivity index (χ0v) is 7.24. The average Bonchev–Trinajstić information content (AvgIpc) is 2.10. The standard InChI is InChI=1S/C9H12N2O/c1-3-4-9(7-10)8-11-5-6-12-2/h5-8H,10H2,1-2H3/b6-5+,9-7?,11-8?. The lowest BCUT2D eigenvalue weighted by Gasteiger charge is -1.84. The van der Waals surface area contributed by atoms with Crippen LogP contribution in [-0.2, 0) is 4.74 Å². The molecule has 0 aromatic carbocycles. The topological polar surface area (TPSA) is 47.6 Å². The summed E-state index contributed by atoms with van der Waals surface area (Å²) in [5.41, 5.74) is 5.94. The summed E-state index contributed by atoms with van der Waals surface area (Å²) >= 11 is 0. The summed E-state index contributed by atoms with van der Waals surface area (Å²) in [6, 6.07) is 0. The van der Waals surface area contributed by atoms with Crippen molar-refractivity contribution in [2.75, 3.05) is 7.11 Å². The van der Waals surface area contributed by atoms with Crippen molar-refractivity contribution in [3.8, 4) is 11.8 Å². The van der Waals surface area contributed by atoms with Crippen molar-refractivity contribution in [3.63, 3.8) is 0 Å². The molecular formula is C9H12N2O. The van der Waals surface area contributed by atoms with Gasteiger partial charge < -0.3 is 10.5 Å². The number of rotatable bonds is 3. The molecule has 3 nitrogen and oxygen atoms in total. The lowest BCUT2D eigenvalue weighted by Crippen LogP contribution is -1.86. The average molecular weight is 164 g/mol. The first-order chi connectivity index (χ1) is 5.85. The molecule has 0 rings (SSSR count). The Bertz CT molecular complexity index is 253. The predicted molar refractivity (Wildman–Crippen MR) is 50.4 cm³/mol. The smallest absolute Gasteiger partial charge is 0.101 e. The van der Waals surface area contributed by atoms with E-state index in [1.165, 1.54) is 18.7 Å². The summed E-state index contributed by atoms with van der Waals surface area (Å²) in [6.45, 7) is 1.74. The third kappa shape index (κ3) is 5.12. The first-order valence-corrected chi connectivity index (χ1v) is 3.40. The van der Waals surface area contributed by atoms with E-state index in [1.807, 2.05) is 0 Å². The van der Waals surface area contributed by atoms with E-state index in [4.69, 9.17) is 5.73 Å². The van der Waals surface area contributed by atoms with Crippen LogP contribution in [0.2, 0.25) is 0 Å². The summed E-state index contributed by atoms with van der Waals surface area (Å²) in [5.74, 6) is 5.49. The minimum Gasteiger partial charge on any atom is -0.503 e. The SMILES string of the molecule is CC#CC(C=N/C=C/OC)=CN. The monoisotopic (exact) mass is 164 g/mol. The Hall–Kier alpha value is -1.69. The molecule has 0 atom stereocenters. The Kier molecular flexibility index (Phi) is 6.37. The summed E-state index contributed by atoms with van der Waals surface area (Å²) in [4.78, 5) is 3.87. The molecule has 0 aromatic rings. The number of nitrogens with zero attached hydrogens (tertiary/aromatic N) is 1. The van der Waals surface area contributed by atoms with Crippen molar-refractivity contribution >= 4 is 6.21 Å². The second-order valence-electron chi connectivity index (χ2n) is 1.80. The molecule has 0 aliphatic heterocycles. The molecule has 0 fully saturated rings. The van der Waals surface area contributed by atoms with Gasteiger partial charge in [-0.3, -0.25) is 4.99 Å². The fourth-order valence-electron chi connectivity index (χ4n) is 0.481. The first kappa shape index (κ1) is 10.3. The molecule has 0 unspecified atom stereocenters. The zero-order valence-electron chi connectivity index (χ0n) is 7.24. The van der Waals surface area contributed by atoms with Gasteiger partial charge in [-0.2, -0.15) is 0 Å². The molecule has 0 aromatic heterocycles. The number of aliphatic imine (C=N–C) groups is 1. The highest BCUT2D eigenvalue weighted by Gasteiger charge is 1.80. The molecule has 0 saturated heterocycles. The molecule has 0 heterocycles. The van der Waals surface area contributed by atoms with Crippen molar-refractivity contribution in [1.29, 1.82) is 0 Å². The number of methoxy groups -OCH3 is 1. The highest BCUT2D eigenvalue weighted by molar-refractivity contribution is 5.84. The molecule has 3 heteroatoms. The van der Waals surface area contributed by atoms with Crippen LogP contribution >= 0.6 is 0 Å². The van der Waals surface area contributed by atoms with Gasteiger partial charge in [0.2, 0.25) is 0 Å². The molecule has 0 amide bonds. The van der Waals surface area contributed by atoms with Crippen LogP contribution in [0, 0.1) is 11.8 Å². The van der Waals surface area contributed by atoms with Crippen molar-refractivity contribution in [2.24, 2.45) is 10.7 Å². The summed E-state index contributed by atoms with van der Waals surface area (Å²) in [5, 5.41) is 0. The van der Waals surface area contributed by atoms with Crippen LogP contribution in [0.1, 0.15) is 6.92 Å². The van der Waals surface area contributed by atoms with Gasteiger partial charge in [-0.05, 0) is 6.92 Å². The van der Waals surface area contributed by atoms with E-state index in [0.29, 0.717) is 5.57 Å². The van der Waals surface area contributed by atoms with E-state index in [0.717, 1.165) is 0 Å². The molecular weight excluding hydrogens is 152 g/mol. The molecule has 2 N–H and O–H groups in total. The molecule has 64 valence electrons. The lowest BCUT2D eigenvalue weighted by atomic mass is 10.3. The molecule has 0 aliphatic carbocycles. The molecule has 12 heavy (non-hydrogen) atoms. The van der Waals surface area contributed by atoms with Gasteiger partial charge >= 0.3 is 0 Å².